The van der Waals surface area contributed by atoms with Gasteiger partial charge in [0, 0.05) is 27.3 Å². The molecule has 0 unspecified atom stereocenters. The second kappa shape index (κ2) is 3.71. The maximum Gasteiger partial charge on any atom is 0.196 e. The lowest BCUT2D eigenvalue weighted by atomic mass is 9.83. The lowest BCUT2D eigenvalue weighted by Crippen LogP contribution is -2.22. The average Bonchev–Trinajstić information content (AvgIpc) is 2.35. The summed E-state index contributed by atoms with van der Waals surface area (Å²) in [5, 5.41) is 0. The molecule has 2 N–H and O–H groups in total. The van der Waals surface area contributed by atoms with E-state index in [2.05, 4.69) is 12.6 Å². The Morgan fingerprint density at radius 2 is 1.67 bits per heavy atom. The number of ketones is 2. The highest BCUT2D eigenvalue weighted by molar-refractivity contribution is 7.80. The van der Waals surface area contributed by atoms with Crippen molar-refractivity contribution in [3.8, 4) is 0 Å². The first kappa shape index (κ1) is 11.0. The first-order chi connectivity index (χ1) is 8.59. The van der Waals surface area contributed by atoms with E-state index in [-0.39, 0.29) is 11.6 Å². The molecular weight excluding hydrogens is 246 g/mol. The van der Waals surface area contributed by atoms with E-state index >= 15 is 0 Å². The molecule has 1 aliphatic rings. The Morgan fingerprint density at radius 3 is 2.44 bits per heavy atom. The van der Waals surface area contributed by atoms with Crippen LogP contribution in [0.1, 0.15) is 31.8 Å². The van der Waals surface area contributed by atoms with E-state index in [9.17, 15) is 9.59 Å². The van der Waals surface area contributed by atoms with E-state index in [1.807, 2.05) is 0 Å². The van der Waals surface area contributed by atoms with Gasteiger partial charge in [0.1, 0.15) is 0 Å². The summed E-state index contributed by atoms with van der Waals surface area (Å²) < 4.78 is 0. The van der Waals surface area contributed by atoms with E-state index in [0.717, 1.165) is 0 Å². The van der Waals surface area contributed by atoms with Crippen LogP contribution in [0.5, 0.6) is 0 Å². The fourth-order valence-corrected chi connectivity index (χ4v) is 2.41. The van der Waals surface area contributed by atoms with Gasteiger partial charge in [-0.05, 0) is 24.3 Å². The van der Waals surface area contributed by atoms with Gasteiger partial charge in [-0.2, -0.15) is 0 Å². The summed E-state index contributed by atoms with van der Waals surface area (Å²) in [5.41, 5.74) is 7.59. The number of hydrogen-bond donors (Lipinski definition) is 2. The zero-order valence-corrected chi connectivity index (χ0v) is 10.2. The van der Waals surface area contributed by atoms with E-state index in [1.165, 1.54) is 0 Å². The van der Waals surface area contributed by atoms with E-state index in [1.54, 1.807) is 36.4 Å². The van der Waals surface area contributed by atoms with E-state index in [0.29, 0.717) is 32.8 Å². The van der Waals surface area contributed by atoms with Crippen molar-refractivity contribution in [3.63, 3.8) is 0 Å². The molecule has 3 rings (SSSR count). The van der Waals surface area contributed by atoms with Crippen LogP contribution >= 0.6 is 12.6 Å². The number of carbonyl (C=O) groups excluding carboxylic acids is 2. The molecule has 0 spiro atoms. The molecule has 0 heterocycles. The molecule has 2 aromatic carbocycles. The number of carbonyl (C=O) groups is 2. The maximum absolute atomic E-state index is 12.4. The smallest absolute Gasteiger partial charge is 0.196 e. The third-order valence-electron chi connectivity index (χ3n) is 3.06. The highest BCUT2D eigenvalue weighted by atomic mass is 32.1. The highest BCUT2D eigenvalue weighted by Crippen LogP contribution is 2.31. The van der Waals surface area contributed by atoms with Crippen molar-refractivity contribution >= 4 is 29.9 Å². The second-order valence-electron chi connectivity index (χ2n) is 4.16. The first-order valence-electron chi connectivity index (χ1n) is 5.40. The average molecular weight is 255 g/mol. The molecule has 2 aromatic rings. The van der Waals surface area contributed by atoms with Gasteiger partial charge in [-0.15, -0.1) is 12.6 Å². The minimum atomic E-state index is -0.214. The van der Waals surface area contributed by atoms with Crippen LogP contribution in [0.15, 0.2) is 41.3 Å². The molecule has 0 atom stereocenters. The molecule has 0 fully saturated rings. The Hall–Kier alpha value is -2.07. The number of fused-ring (bicyclic) bond motifs is 2. The van der Waals surface area contributed by atoms with Crippen molar-refractivity contribution in [2.45, 2.75) is 4.90 Å². The topological polar surface area (TPSA) is 60.2 Å². The van der Waals surface area contributed by atoms with Gasteiger partial charge in [-0.3, -0.25) is 9.59 Å². The third kappa shape index (κ3) is 1.39. The lowest BCUT2D eigenvalue weighted by molar-refractivity contribution is 0.0979. The molecule has 3 nitrogen and oxygen atoms in total. The third-order valence-corrected chi connectivity index (χ3v) is 3.34. The van der Waals surface area contributed by atoms with Crippen LogP contribution in [-0.4, -0.2) is 11.6 Å². The SMILES string of the molecule is Nc1cccc2c1C(=O)c1cc(S)ccc1C2=O. The molecule has 0 saturated carbocycles. The predicted octanol–water partition coefficient (Wildman–Crippen LogP) is 2.33. The normalized spacial score (nSPS) is 13.2. The molecule has 4 heteroatoms. The van der Waals surface area contributed by atoms with Crippen LogP contribution in [0.25, 0.3) is 0 Å². The summed E-state index contributed by atoms with van der Waals surface area (Å²) >= 11 is 4.19. The fourth-order valence-electron chi connectivity index (χ4n) is 2.21. The summed E-state index contributed by atoms with van der Waals surface area (Å²) in [4.78, 5) is 25.3. The first-order valence-corrected chi connectivity index (χ1v) is 5.85. The number of hydrogen-bond acceptors (Lipinski definition) is 4. The summed E-state index contributed by atoms with van der Waals surface area (Å²) in [6, 6.07) is 9.86. The molecule has 88 valence electrons. The standard InChI is InChI=1S/C14H9NO2S/c15-11-3-1-2-9-12(11)14(17)10-6-7(18)4-5-8(10)13(9)16/h1-6,18H,15H2. The zero-order chi connectivity index (χ0) is 12.9. The number of thiol groups is 1. The molecular formula is C14H9NO2S. The minimum Gasteiger partial charge on any atom is -0.398 e. The van der Waals surface area contributed by atoms with Crippen LogP contribution in [0, 0.1) is 0 Å². The van der Waals surface area contributed by atoms with Crippen molar-refractivity contribution in [1.29, 1.82) is 0 Å². The van der Waals surface area contributed by atoms with Crippen LogP contribution in [-0.2, 0) is 0 Å². The second-order valence-corrected chi connectivity index (χ2v) is 4.67. The summed E-state index contributed by atoms with van der Waals surface area (Å²) in [6.07, 6.45) is 0. The van der Waals surface area contributed by atoms with Gasteiger partial charge >= 0.3 is 0 Å². The number of benzene rings is 2. The van der Waals surface area contributed by atoms with Crippen LogP contribution in [0.2, 0.25) is 0 Å². The Bertz CT molecular complexity index is 707. The summed E-state index contributed by atoms with van der Waals surface area (Å²) in [5.74, 6) is -0.381. The molecule has 0 amide bonds. The molecule has 0 saturated heterocycles. The molecule has 0 bridgehead atoms. The maximum atomic E-state index is 12.4. The number of anilines is 1. The van der Waals surface area contributed by atoms with Gasteiger partial charge < -0.3 is 5.73 Å². The Labute approximate surface area is 109 Å². The fraction of sp³-hybridized carbons (Fsp3) is 0. The molecule has 0 aromatic heterocycles. The lowest BCUT2D eigenvalue weighted by Gasteiger charge is -2.18. The van der Waals surface area contributed by atoms with E-state index < -0.39 is 0 Å². The van der Waals surface area contributed by atoms with Gasteiger partial charge in [0.25, 0.3) is 0 Å². The van der Waals surface area contributed by atoms with Gasteiger partial charge in [-0.25, -0.2) is 0 Å². The van der Waals surface area contributed by atoms with Crippen molar-refractivity contribution in [3.05, 3.63) is 58.7 Å². The Kier molecular flexibility index (Phi) is 2.28. The molecule has 1 aliphatic carbocycles. The van der Waals surface area contributed by atoms with Crippen LogP contribution in [0.3, 0.4) is 0 Å². The molecule has 18 heavy (non-hydrogen) atoms. The highest BCUT2D eigenvalue weighted by Gasteiger charge is 2.30. The van der Waals surface area contributed by atoms with Gasteiger partial charge in [0.2, 0.25) is 0 Å². The zero-order valence-electron chi connectivity index (χ0n) is 9.31. The Balaban J connectivity index is 2.36. The minimum absolute atomic E-state index is 0.166. The van der Waals surface area contributed by atoms with Crippen LogP contribution in [0.4, 0.5) is 5.69 Å². The quantitative estimate of drug-likeness (QED) is 0.479. The van der Waals surface area contributed by atoms with Crippen molar-refractivity contribution in [2.75, 3.05) is 5.73 Å². The van der Waals surface area contributed by atoms with Crippen molar-refractivity contribution in [2.24, 2.45) is 0 Å². The summed E-state index contributed by atoms with van der Waals surface area (Å²) in [7, 11) is 0. The summed E-state index contributed by atoms with van der Waals surface area (Å²) in [6.45, 7) is 0. The van der Waals surface area contributed by atoms with Crippen molar-refractivity contribution < 1.29 is 9.59 Å². The van der Waals surface area contributed by atoms with Gasteiger partial charge in [0.05, 0.1) is 5.56 Å². The molecule has 0 radical (unpaired) electrons. The van der Waals surface area contributed by atoms with E-state index in [4.69, 9.17) is 5.73 Å². The molecule has 0 aliphatic heterocycles. The van der Waals surface area contributed by atoms with Gasteiger partial charge in [0.15, 0.2) is 11.6 Å². The van der Waals surface area contributed by atoms with Gasteiger partial charge in [-0.1, -0.05) is 12.1 Å². The Morgan fingerprint density at radius 1 is 0.889 bits per heavy atom. The number of nitrogens with two attached hydrogens (primary N) is 1. The van der Waals surface area contributed by atoms with Crippen LogP contribution < -0.4 is 5.73 Å². The largest absolute Gasteiger partial charge is 0.398 e. The predicted molar refractivity (Wildman–Crippen MR) is 71.4 cm³/mol. The number of rotatable bonds is 0. The monoisotopic (exact) mass is 255 g/mol. The van der Waals surface area contributed by atoms with Crippen molar-refractivity contribution in [1.82, 2.24) is 0 Å². The number of nitrogen functional groups attached to an aromatic ring is 1.